The van der Waals surface area contributed by atoms with Gasteiger partial charge in [0.2, 0.25) is 11.8 Å². The standard InChI is InChI=1S/C30H33N5O3/c1-30(2,3)19-8-7-11-26(37-4)24(18-19)34-29(36)33-23-14-15-25(22-10-6-5-9-21(22)23)38-27-16-17-31-28(35-27)32-20-12-13-20/h5-11,14-20H,12-13H2,1-4H3,(H,31,32,35)(H2,33,34,36). The second-order valence-electron chi connectivity index (χ2n) is 10.6. The average Bonchev–Trinajstić information content (AvgIpc) is 3.72. The molecule has 0 spiro atoms. The lowest BCUT2D eigenvalue weighted by Crippen LogP contribution is -2.30. The van der Waals surface area contributed by atoms with Crippen LogP contribution >= 0.6 is 0 Å². The van der Waals surface area contributed by atoms with Crippen molar-refractivity contribution in [3.63, 3.8) is 0 Å². The molecule has 1 unspecified atom stereocenters. The summed E-state index contributed by atoms with van der Waals surface area (Å²) in [7, 11) is 1.60. The van der Waals surface area contributed by atoms with Crippen LogP contribution in [0.4, 0.5) is 16.4 Å². The highest BCUT2D eigenvalue weighted by Crippen LogP contribution is 2.35. The first kappa shape index (κ1) is 25.3. The molecule has 0 bridgehead atoms. The van der Waals surface area contributed by atoms with Gasteiger partial charge in [0.25, 0.3) is 0 Å². The summed E-state index contributed by atoms with van der Waals surface area (Å²) < 4.78 is 11.7. The predicted molar refractivity (Wildman–Crippen MR) is 150 cm³/mol. The minimum atomic E-state index is -0.362. The van der Waals surface area contributed by atoms with Gasteiger partial charge in [-0.25, -0.2) is 9.78 Å². The van der Waals surface area contributed by atoms with E-state index in [9.17, 15) is 4.79 Å². The maximum atomic E-state index is 13.1. The maximum Gasteiger partial charge on any atom is 0.323 e. The summed E-state index contributed by atoms with van der Waals surface area (Å²) in [6.45, 7) is 6.49. The van der Waals surface area contributed by atoms with Gasteiger partial charge in [0, 0.05) is 35.0 Å². The lowest BCUT2D eigenvalue weighted by atomic mass is 9.80. The summed E-state index contributed by atoms with van der Waals surface area (Å²) in [5.41, 5.74) is 1.27. The molecule has 38 heavy (non-hydrogen) atoms. The Labute approximate surface area is 222 Å². The molecule has 8 nitrogen and oxygen atoms in total. The van der Waals surface area contributed by atoms with E-state index in [0.717, 1.165) is 23.6 Å². The second-order valence-corrected chi connectivity index (χ2v) is 10.6. The number of allylic oxidation sites excluding steroid dienone is 4. The molecule has 1 atom stereocenters. The largest absolute Gasteiger partial charge is 0.495 e. The quantitative estimate of drug-likeness (QED) is 0.324. The number of hydrogen-bond acceptors (Lipinski definition) is 6. The summed E-state index contributed by atoms with van der Waals surface area (Å²) >= 11 is 0. The summed E-state index contributed by atoms with van der Waals surface area (Å²) in [6.07, 6.45) is 11.9. The van der Waals surface area contributed by atoms with E-state index in [2.05, 4.69) is 52.8 Å². The van der Waals surface area contributed by atoms with E-state index in [-0.39, 0.29) is 17.4 Å². The molecule has 2 aliphatic carbocycles. The number of nitrogens with one attached hydrogen (secondary N) is 3. The van der Waals surface area contributed by atoms with Crippen LogP contribution in [0.15, 0.2) is 84.4 Å². The van der Waals surface area contributed by atoms with E-state index in [4.69, 9.17) is 9.47 Å². The fourth-order valence-corrected chi connectivity index (χ4v) is 4.23. The number of fused-ring (bicyclic) bond motifs is 1. The Hall–Kier alpha value is -4.33. The van der Waals surface area contributed by atoms with Crippen molar-refractivity contribution in [2.24, 2.45) is 11.3 Å². The van der Waals surface area contributed by atoms with Crippen LogP contribution in [0.5, 0.6) is 11.6 Å². The van der Waals surface area contributed by atoms with Gasteiger partial charge in [-0.15, -0.1) is 0 Å². The van der Waals surface area contributed by atoms with Gasteiger partial charge in [-0.2, -0.15) is 4.98 Å². The van der Waals surface area contributed by atoms with E-state index in [1.54, 1.807) is 19.4 Å². The molecule has 0 aliphatic heterocycles. The zero-order valence-electron chi connectivity index (χ0n) is 22.1. The number of benzene rings is 2. The Morgan fingerprint density at radius 3 is 2.55 bits per heavy atom. The van der Waals surface area contributed by atoms with Crippen LogP contribution in [0.1, 0.15) is 33.6 Å². The van der Waals surface area contributed by atoms with Gasteiger partial charge in [0.1, 0.15) is 11.5 Å². The number of carbonyl (C=O) groups is 1. The molecule has 8 heteroatoms. The van der Waals surface area contributed by atoms with Crippen LogP contribution in [0.2, 0.25) is 0 Å². The molecular formula is C30H33N5O3. The minimum absolute atomic E-state index is 0.0125. The van der Waals surface area contributed by atoms with Crippen molar-refractivity contribution in [3.05, 3.63) is 84.4 Å². The van der Waals surface area contributed by atoms with Crippen molar-refractivity contribution in [3.8, 4) is 11.6 Å². The summed E-state index contributed by atoms with van der Waals surface area (Å²) in [5, 5.41) is 11.0. The molecule has 0 radical (unpaired) electrons. The van der Waals surface area contributed by atoms with Crippen LogP contribution in [-0.2, 0) is 4.74 Å². The molecule has 1 saturated carbocycles. The van der Waals surface area contributed by atoms with Crippen LogP contribution < -0.4 is 20.7 Å². The first-order chi connectivity index (χ1) is 18.3. The molecule has 2 aliphatic rings. The third-order valence-corrected chi connectivity index (χ3v) is 6.53. The van der Waals surface area contributed by atoms with Crippen molar-refractivity contribution < 1.29 is 14.3 Å². The molecule has 3 aromatic rings. The molecule has 2 aromatic carbocycles. The fraction of sp³-hybridized carbons (Fsp3) is 0.300. The Morgan fingerprint density at radius 1 is 1.03 bits per heavy atom. The number of amides is 2. The Bertz CT molecular complexity index is 1430. The number of urea groups is 1. The SMILES string of the molecule is COC1=CC=CC(C(C)(C)C)C=C1NC(=O)Nc1ccc(Oc2ccnc(NC3CC3)n2)c2ccccc12. The topological polar surface area (TPSA) is 97.4 Å². The number of aromatic nitrogens is 2. The molecule has 1 aromatic heterocycles. The average molecular weight is 512 g/mol. The summed E-state index contributed by atoms with van der Waals surface area (Å²) in [6, 6.07) is 13.2. The number of anilines is 2. The van der Waals surface area contributed by atoms with E-state index >= 15 is 0 Å². The van der Waals surface area contributed by atoms with E-state index in [1.807, 2.05) is 54.6 Å². The van der Waals surface area contributed by atoms with Crippen molar-refractivity contribution in [1.82, 2.24) is 15.3 Å². The molecule has 5 rings (SSSR count). The zero-order valence-corrected chi connectivity index (χ0v) is 22.1. The number of hydrogen-bond donors (Lipinski definition) is 3. The van der Waals surface area contributed by atoms with Gasteiger partial charge in [-0.1, -0.05) is 57.2 Å². The highest BCUT2D eigenvalue weighted by Gasteiger charge is 2.24. The molecule has 2 amide bonds. The molecular weight excluding hydrogens is 478 g/mol. The first-order valence-corrected chi connectivity index (χ1v) is 12.8. The van der Waals surface area contributed by atoms with Crippen LogP contribution in [-0.4, -0.2) is 29.2 Å². The number of ether oxygens (including phenoxy) is 2. The third kappa shape index (κ3) is 5.96. The first-order valence-electron chi connectivity index (χ1n) is 12.8. The smallest absolute Gasteiger partial charge is 0.323 e. The van der Waals surface area contributed by atoms with E-state index in [0.29, 0.717) is 40.8 Å². The molecule has 0 saturated heterocycles. The molecule has 196 valence electrons. The van der Waals surface area contributed by atoms with Crippen LogP contribution in [0, 0.1) is 11.3 Å². The third-order valence-electron chi connectivity index (χ3n) is 6.53. The summed E-state index contributed by atoms with van der Waals surface area (Å²) in [4.78, 5) is 21.9. The fourth-order valence-electron chi connectivity index (χ4n) is 4.23. The molecule has 1 heterocycles. The van der Waals surface area contributed by atoms with Gasteiger partial charge in [-0.05, 0) is 42.5 Å². The lowest BCUT2D eigenvalue weighted by molar-refractivity contribution is 0.251. The highest BCUT2D eigenvalue weighted by molar-refractivity contribution is 6.04. The Balaban J connectivity index is 1.36. The van der Waals surface area contributed by atoms with Crippen molar-refractivity contribution >= 4 is 28.4 Å². The monoisotopic (exact) mass is 511 g/mol. The van der Waals surface area contributed by atoms with E-state index < -0.39 is 0 Å². The molecule has 1 fully saturated rings. The second kappa shape index (κ2) is 10.6. The van der Waals surface area contributed by atoms with Crippen molar-refractivity contribution in [2.45, 2.75) is 39.7 Å². The Morgan fingerprint density at radius 2 is 1.82 bits per heavy atom. The lowest BCUT2D eigenvalue weighted by Gasteiger charge is -2.26. The minimum Gasteiger partial charge on any atom is -0.495 e. The van der Waals surface area contributed by atoms with Gasteiger partial charge in [-0.3, -0.25) is 0 Å². The predicted octanol–water partition coefficient (Wildman–Crippen LogP) is 6.76. The van der Waals surface area contributed by atoms with Crippen molar-refractivity contribution in [1.29, 1.82) is 0 Å². The van der Waals surface area contributed by atoms with Gasteiger partial charge in [0.15, 0.2) is 0 Å². The van der Waals surface area contributed by atoms with Crippen molar-refractivity contribution in [2.75, 3.05) is 17.7 Å². The highest BCUT2D eigenvalue weighted by atomic mass is 16.5. The van der Waals surface area contributed by atoms with Crippen LogP contribution in [0.25, 0.3) is 10.8 Å². The normalized spacial score (nSPS) is 17.2. The number of nitrogens with zero attached hydrogens (tertiary/aromatic N) is 2. The van der Waals surface area contributed by atoms with Gasteiger partial charge >= 0.3 is 6.03 Å². The number of rotatable bonds is 7. The number of methoxy groups -OCH3 is 1. The maximum absolute atomic E-state index is 13.1. The van der Waals surface area contributed by atoms with Crippen LogP contribution in [0.3, 0.4) is 0 Å². The molecule has 3 N–H and O–H groups in total. The number of carbonyl (C=O) groups excluding carboxylic acids is 1. The Kier molecular flexibility index (Phi) is 7.05. The van der Waals surface area contributed by atoms with Gasteiger partial charge < -0.3 is 25.4 Å². The van der Waals surface area contributed by atoms with Gasteiger partial charge in [0.05, 0.1) is 18.5 Å². The zero-order chi connectivity index (χ0) is 26.7. The summed E-state index contributed by atoms with van der Waals surface area (Å²) in [5.74, 6) is 2.37. The van der Waals surface area contributed by atoms with E-state index in [1.165, 1.54) is 0 Å².